The van der Waals surface area contributed by atoms with Gasteiger partial charge >= 0.3 is 0 Å². The predicted molar refractivity (Wildman–Crippen MR) is 119 cm³/mol. The SMILES string of the molecule is C1=Cc2ccc(NC3CCCCC3)c3cccc(c23)C1=NC1CCCCC1.[O-][Cl+3]([O-])([O-])O. The van der Waals surface area contributed by atoms with Crippen molar-refractivity contribution in [2.24, 2.45) is 4.99 Å². The molecule has 2 aromatic rings. The average molecular weight is 459 g/mol. The highest BCUT2D eigenvalue weighted by molar-refractivity contribution is 6.23. The number of aliphatic imine (C=N–C) groups is 1. The van der Waals surface area contributed by atoms with Gasteiger partial charge in [0.1, 0.15) is 0 Å². The van der Waals surface area contributed by atoms with E-state index in [0.29, 0.717) is 12.1 Å². The van der Waals surface area contributed by atoms with Gasteiger partial charge in [-0.15, -0.1) is 0 Å². The molecule has 0 heterocycles. The molecule has 7 heteroatoms. The van der Waals surface area contributed by atoms with E-state index < -0.39 is 10.2 Å². The molecule has 0 saturated heterocycles. The highest BCUT2D eigenvalue weighted by Crippen LogP contribution is 2.35. The van der Waals surface area contributed by atoms with E-state index in [2.05, 4.69) is 47.8 Å². The molecule has 2 aromatic carbocycles. The van der Waals surface area contributed by atoms with Gasteiger partial charge < -0.3 is 5.32 Å². The molecular weight excluding hydrogens is 428 g/mol. The van der Waals surface area contributed by atoms with Crippen molar-refractivity contribution in [2.75, 3.05) is 5.32 Å². The normalized spacial score (nSPS) is 20.8. The molecule has 0 spiro atoms. The zero-order valence-corrected chi connectivity index (χ0v) is 19.0. The van der Waals surface area contributed by atoms with Crippen molar-refractivity contribution in [1.82, 2.24) is 0 Å². The summed E-state index contributed by atoms with van der Waals surface area (Å²) in [5, 5.41) is 6.60. The number of hydrogen-bond acceptors (Lipinski definition) is 6. The minimum absolute atomic E-state index is 0.513. The van der Waals surface area contributed by atoms with Gasteiger partial charge in [0.2, 0.25) is 0 Å². The Kier molecular flexibility index (Phi) is 7.48. The molecule has 0 bridgehead atoms. The molecule has 0 aliphatic heterocycles. The van der Waals surface area contributed by atoms with Gasteiger partial charge in [0.05, 0.1) is 26.7 Å². The molecular formula is C25H31ClN2O4. The quantitative estimate of drug-likeness (QED) is 0.733. The molecule has 0 atom stereocenters. The Morgan fingerprint density at radius 1 is 0.844 bits per heavy atom. The van der Waals surface area contributed by atoms with Crippen LogP contribution in [0.3, 0.4) is 0 Å². The van der Waals surface area contributed by atoms with Crippen LogP contribution in [-0.4, -0.2) is 22.5 Å². The number of hydrogen-bond donors (Lipinski definition) is 2. The molecule has 2 N–H and O–H groups in total. The number of nitrogens with zero attached hydrogens (tertiary/aromatic N) is 1. The molecule has 6 nitrogen and oxygen atoms in total. The number of anilines is 1. The van der Waals surface area contributed by atoms with E-state index in [-0.39, 0.29) is 0 Å². The average Bonchev–Trinajstić information content (AvgIpc) is 2.77. The summed E-state index contributed by atoms with van der Waals surface area (Å²) in [5.41, 5.74) is 5.14. The van der Waals surface area contributed by atoms with Gasteiger partial charge in [0, 0.05) is 28.1 Å². The van der Waals surface area contributed by atoms with Crippen LogP contribution in [0.5, 0.6) is 0 Å². The van der Waals surface area contributed by atoms with E-state index in [4.69, 9.17) is 23.6 Å². The molecule has 0 amide bonds. The van der Waals surface area contributed by atoms with Gasteiger partial charge in [0.15, 0.2) is 0 Å². The summed E-state index contributed by atoms with van der Waals surface area (Å²) in [7, 11) is -4.69. The lowest BCUT2D eigenvalue weighted by Crippen LogP contribution is -2.58. The summed E-state index contributed by atoms with van der Waals surface area (Å²) >= 11 is 0. The monoisotopic (exact) mass is 458 g/mol. The summed E-state index contributed by atoms with van der Waals surface area (Å²) in [5.74, 6) is 0. The van der Waals surface area contributed by atoms with Crippen LogP contribution in [0.2, 0.25) is 0 Å². The fraction of sp³-hybridized carbons (Fsp3) is 0.480. The van der Waals surface area contributed by atoms with E-state index in [0.717, 1.165) is 0 Å². The predicted octanol–water partition coefficient (Wildman–Crippen LogP) is 2.61. The molecule has 2 saturated carbocycles. The first-order valence-electron chi connectivity index (χ1n) is 11.6. The van der Waals surface area contributed by atoms with Crippen LogP contribution in [-0.2, 0) is 0 Å². The van der Waals surface area contributed by atoms with Gasteiger partial charge in [-0.05, 0) is 43.4 Å². The Hall–Kier alpha value is -1.96. The van der Waals surface area contributed by atoms with E-state index in [1.54, 1.807) is 0 Å². The lowest BCUT2D eigenvalue weighted by molar-refractivity contribution is -1.92. The van der Waals surface area contributed by atoms with Crippen molar-refractivity contribution < 1.29 is 28.9 Å². The summed E-state index contributed by atoms with van der Waals surface area (Å²) in [4.78, 5) is 5.17. The fourth-order valence-corrected chi connectivity index (χ4v) is 5.16. The zero-order valence-electron chi connectivity index (χ0n) is 18.3. The summed E-state index contributed by atoms with van der Waals surface area (Å²) in [6, 6.07) is 12.5. The van der Waals surface area contributed by atoms with Crippen molar-refractivity contribution >= 4 is 28.2 Å². The Morgan fingerprint density at radius 3 is 2.19 bits per heavy atom. The van der Waals surface area contributed by atoms with Crippen LogP contribution in [0.15, 0.2) is 41.4 Å². The molecule has 172 valence electrons. The van der Waals surface area contributed by atoms with Crippen molar-refractivity contribution in [1.29, 1.82) is 0 Å². The molecule has 3 aliphatic rings. The van der Waals surface area contributed by atoms with Crippen LogP contribution in [0.25, 0.3) is 16.8 Å². The Bertz CT molecular complexity index is 981. The lowest BCUT2D eigenvalue weighted by atomic mass is 9.89. The zero-order chi connectivity index (χ0) is 22.6. The third-order valence-corrected chi connectivity index (χ3v) is 6.63. The third-order valence-electron chi connectivity index (χ3n) is 6.63. The van der Waals surface area contributed by atoms with E-state index in [1.807, 2.05) is 0 Å². The maximum atomic E-state index is 8.60. The van der Waals surface area contributed by atoms with Crippen LogP contribution < -0.4 is 19.3 Å². The second-order valence-electron chi connectivity index (χ2n) is 8.95. The number of benzene rings is 2. The second-order valence-corrected chi connectivity index (χ2v) is 9.74. The van der Waals surface area contributed by atoms with Crippen LogP contribution >= 0.6 is 0 Å². The molecule has 3 aliphatic carbocycles. The first-order chi connectivity index (χ1) is 15.4. The minimum Gasteiger partial charge on any atom is -0.382 e. The highest BCUT2D eigenvalue weighted by Gasteiger charge is 2.20. The Morgan fingerprint density at radius 2 is 1.50 bits per heavy atom. The summed E-state index contributed by atoms with van der Waals surface area (Å²) in [6.45, 7) is 0. The van der Waals surface area contributed by atoms with Crippen molar-refractivity contribution in [2.45, 2.75) is 76.3 Å². The first-order valence-corrected chi connectivity index (χ1v) is 12.9. The van der Waals surface area contributed by atoms with Gasteiger partial charge in [-0.25, -0.2) is 0 Å². The fourth-order valence-electron chi connectivity index (χ4n) is 5.16. The van der Waals surface area contributed by atoms with E-state index >= 15 is 0 Å². The Balaban J connectivity index is 0.000000444. The summed E-state index contributed by atoms with van der Waals surface area (Å²) in [6.07, 6.45) is 17.8. The highest BCUT2D eigenvalue weighted by atomic mass is 35.7. The standard InChI is InChI=1S/C25H30N2.ClHO4/c1-3-8-19(9-4-1)26-23-16-14-18-15-17-24(27-20-10-5-2-6-11-20)22-13-7-12-21(23)25(18)22;2-1(3,4)5/h7,12-17,19-20,26H,1-6,8-11H2;(H,2,3,4,5). The minimum atomic E-state index is -4.69. The van der Waals surface area contributed by atoms with Gasteiger partial charge in [-0.2, -0.15) is 14.0 Å². The summed E-state index contributed by atoms with van der Waals surface area (Å²) < 4.78 is 32.7. The third kappa shape index (κ3) is 6.09. The number of allylic oxidation sites excluding steroid dienone is 1. The van der Waals surface area contributed by atoms with Gasteiger partial charge in [0.25, 0.3) is 0 Å². The largest absolute Gasteiger partial charge is 0.382 e. The molecule has 5 rings (SSSR count). The molecule has 32 heavy (non-hydrogen) atoms. The van der Waals surface area contributed by atoms with Crippen LogP contribution in [0.1, 0.15) is 75.3 Å². The number of nitrogens with one attached hydrogen (secondary N) is 1. The van der Waals surface area contributed by atoms with Crippen molar-refractivity contribution in [3.63, 3.8) is 0 Å². The molecule has 0 radical (unpaired) electrons. The van der Waals surface area contributed by atoms with Crippen molar-refractivity contribution in [3.05, 3.63) is 47.5 Å². The second kappa shape index (κ2) is 10.3. The molecule has 0 aromatic heterocycles. The smallest absolute Gasteiger partial charge is 0.0777 e. The maximum absolute atomic E-state index is 8.60. The number of rotatable bonds is 3. The maximum Gasteiger partial charge on any atom is 0.0777 e. The van der Waals surface area contributed by atoms with Gasteiger partial charge in [-0.3, -0.25) is 4.99 Å². The topological polar surface area (TPSA) is 114 Å². The number of halogens is 1. The lowest BCUT2D eigenvalue weighted by Gasteiger charge is -2.26. The van der Waals surface area contributed by atoms with E-state index in [9.17, 15) is 0 Å². The van der Waals surface area contributed by atoms with Crippen LogP contribution in [0.4, 0.5) is 5.69 Å². The van der Waals surface area contributed by atoms with Crippen molar-refractivity contribution in [3.8, 4) is 0 Å². The van der Waals surface area contributed by atoms with E-state index in [1.165, 1.54) is 97.5 Å². The molecule has 2 fully saturated rings. The van der Waals surface area contributed by atoms with Gasteiger partial charge in [-0.1, -0.05) is 68.9 Å². The Labute approximate surface area is 191 Å². The molecule has 0 unspecified atom stereocenters. The van der Waals surface area contributed by atoms with Crippen LogP contribution in [0, 0.1) is 10.2 Å². The first kappa shape index (κ1) is 23.2.